The molecule has 2 heterocycles. The lowest BCUT2D eigenvalue weighted by atomic mass is 9.65. The summed E-state index contributed by atoms with van der Waals surface area (Å²) >= 11 is 0. The molecule has 0 N–H and O–H groups in total. The zero-order valence-corrected chi connectivity index (χ0v) is 33.5. The molecule has 1 aliphatic heterocycles. The van der Waals surface area contributed by atoms with Crippen molar-refractivity contribution in [1.29, 1.82) is 0 Å². The molecule has 0 saturated carbocycles. The summed E-state index contributed by atoms with van der Waals surface area (Å²) < 4.78 is 2.53. The molecule has 13 rings (SSSR count). The molecule has 9 aromatic carbocycles. The molecule has 0 saturated heterocycles. The molecule has 0 amide bonds. The van der Waals surface area contributed by atoms with Gasteiger partial charge >= 0.3 is 0 Å². The molecule has 0 fully saturated rings. The highest BCUT2D eigenvalue weighted by molar-refractivity contribution is 6.13. The van der Waals surface area contributed by atoms with E-state index in [4.69, 9.17) is 0 Å². The van der Waals surface area contributed by atoms with Crippen LogP contribution >= 0.6 is 0 Å². The monoisotopic (exact) mass is 764 g/mol. The number of hydrogen-bond acceptors (Lipinski definition) is 1. The van der Waals surface area contributed by atoms with Gasteiger partial charge in [0.1, 0.15) is 0 Å². The zero-order valence-electron chi connectivity index (χ0n) is 33.5. The minimum Gasteiger partial charge on any atom is -0.310 e. The molecule has 2 heteroatoms. The number of benzene rings is 9. The molecule has 1 aromatic heterocycles. The van der Waals surface area contributed by atoms with E-state index < -0.39 is 5.41 Å². The maximum atomic E-state index is 2.53. The van der Waals surface area contributed by atoms with Crippen molar-refractivity contribution in [1.82, 2.24) is 4.57 Å². The first-order valence-electron chi connectivity index (χ1n) is 21.1. The van der Waals surface area contributed by atoms with Crippen molar-refractivity contribution in [3.63, 3.8) is 0 Å². The lowest BCUT2D eigenvalue weighted by Gasteiger charge is -2.40. The molecule has 1 atom stereocenters. The summed E-state index contributed by atoms with van der Waals surface area (Å²) in [5.74, 6) is 0. The third-order valence-corrected chi connectivity index (χ3v) is 14.0. The first kappa shape index (κ1) is 33.5. The van der Waals surface area contributed by atoms with Gasteiger partial charge in [0.2, 0.25) is 0 Å². The van der Waals surface area contributed by atoms with E-state index in [1.165, 1.54) is 94.3 Å². The number of hydrogen-bond donors (Lipinski definition) is 0. The Morgan fingerprint density at radius 3 is 1.73 bits per heavy atom. The van der Waals surface area contributed by atoms with E-state index in [0.717, 1.165) is 17.1 Å². The van der Waals surface area contributed by atoms with Gasteiger partial charge in [0, 0.05) is 33.1 Å². The maximum absolute atomic E-state index is 2.53. The normalized spacial score (nSPS) is 16.0. The molecule has 2 aliphatic carbocycles. The van der Waals surface area contributed by atoms with Crippen molar-refractivity contribution in [2.24, 2.45) is 0 Å². The smallest absolute Gasteiger partial charge is 0.0755 e. The highest BCUT2D eigenvalue weighted by Gasteiger charge is 2.51. The van der Waals surface area contributed by atoms with Crippen LogP contribution in [0.15, 0.2) is 206 Å². The van der Waals surface area contributed by atoms with Crippen molar-refractivity contribution in [2.75, 3.05) is 4.90 Å². The van der Waals surface area contributed by atoms with Crippen LogP contribution in [0.5, 0.6) is 0 Å². The van der Waals surface area contributed by atoms with E-state index in [-0.39, 0.29) is 5.41 Å². The van der Waals surface area contributed by atoms with Crippen LogP contribution < -0.4 is 4.90 Å². The SMILES string of the molecule is CC1(C)c2ccccc2-c2ccc(N(c3ccc4c(c3)C3(c5ccccc5-4)c4ccccc4-n4c5ccccc5c5cccc3c54)c3ccccc3-c3ccccc3)cc21. The zero-order chi connectivity index (χ0) is 39.7. The van der Waals surface area contributed by atoms with Gasteiger partial charge in [-0.15, -0.1) is 0 Å². The van der Waals surface area contributed by atoms with Gasteiger partial charge in [-0.3, -0.25) is 0 Å². The van der Waals surface area contributed by atoms with Crippen LogP contribution in [0.1, 0.15) is 47.2 Å². The summed E-state index contributed by atoms with van der Waals surface area (Å²) in [4.78, 5) is 2.52. The molecule has 0 radical (unpaired) electrons. The predicted molar refractivity (Wildman–Crippen MR) is 249 cm³/mol. The van der Waals surface area contributed by atoms with Crippen LogP contribution in [0, 0.1) is 0 Å². The van der Waals surface area contributed by atoms with Crippen LogP contribution in [0.25, 0.3) is 60.9 Å². The third-order valence-electron chi connectivity index (χ3n) is 14.0. The summed E-state index contributed by atoms with van der Waals surface area (Å²) in [7, 11) is 0. The second kappa shape index (κ2) is 12.1. The Bertz CT molecular complexity index is 3420. The first-order valence-corrected chi connectivity index (χ1v) is 21.1. The van der Waals surface area contributed by atoms with Crippen LogP contribution in [0.4, 0.5) is 17.1 Å². The van der Waals surface area contributed by atoms with Gasteiger partial charge < -0.3 is 9.47 Å². The highest BCUT2D eigenvalue weighted by atomic mass is 15.1. The van der Waals surface area contributed by atoms with E-state index in [0.29, 0.717) is 0 Å². The Hall–Kier alpha value is -7.42. The molecular weight excluding hydrogens is 725 g/mol. The maximum Gasteiger partial charge on any atom is 0.0755 e. The van der Waals surface area contributed by atoms with Gasteiger partial charge in [0.25, 0.3) is 0 Å². The molecule has 60 heavy (non-hydrogen) atoms. The van der Waals surface area contributed by atoms with Crippen LogP contribution in [-0.2, 0) is 10.8 Å². The van der Waals surface area contributed by atoms with Gasteiger partial charge in [0.05, 0.1) is 27.8 Å². The van der Waals surface area contributed by atoms with Crippen LogP contribution in [-0.4, -0.2) is 4.57 Å². The van der Waals surface area contributed by atoms with E-state index in [1.54, 1.807) is 0 Å². The second-order valence-electron chi connectivity index (χ2n) is 17.2. The number of anilines is 3. The van der Waals surface area contributed by atoms with Gasteiger partial charge in [-0.1, -0.05) is 178 Å². The molecular formula is C58H40N2. The van der Waals surface area contributed by atoms with Crippen molar-refractivity contribution in [2.45, 2.75) is 24.7 Å². The second-order valence-corrected chi connectivity index (χ2v) is 17.2. The average Bonchev–Trinajstić information content (AvgIpc) is 3.88. The number of aromatic nitrogens is 1. The van der Waals surface area contributed by atoms with Crippen molar-refractivity contribution in [3.8, 4) is 39.1 Å². The largest absolute Gasteiger partial charge is 0.310 e. The van der Waals surface area contributed by atoms with E-state index in [1.807, 2.05) is 0 Å². The third kappa shape index (κ3) is 4.22. The summed E-state index contributed by atoms with van der Waals surface area (Å²) in [6, 6.07) is 77.3. The first-order chi connectivity index (χ1) is 29.5. The Kier molecular flexibility index (Phi) is 6.74. The van der Waals surface area contributed by atoms with Crippen molar-refractivity contribution in [3.05, 3.63) is 240 Å². The van der Waals surface area contributed by atoms with Crippen molar-refractivity contribution < 1.29 is 0 Å². The molecule has 0 bridgehead atoms. The van der Waals surface area contributed by atoms with Crippen LogP contribution in [0.3, 0.4) is 0 Å². The molecule has 1 spiro atoms. The fourth-order valence-corrected chi connectivity index (χ4v) is 11.5. The summed E-state index contributed by atoms with van der Waals surface area (Å²) in [5, 5.41) is 2.58. The van der Waals surface area contributed by atoms with Gasteiger partial charge in [-0.05, 0) is 104 Å². The average molecular weight is 765 g/mol. The lowest BCUT2D eigenvalue weighted by molar-refractivity contribution is 0.660. The fraction of sp³-hybridized carbons (Fsp3) is 0.0690. The van der Waals surface area contributed by atoms with Gasteiger partial charge in [-0.2, -0.15) is 0 Å². The van der Waals surface area contributed by atoms with Gasteiger partial charge in [-0.25, -0.2) is 0 Å². The molecule has 1 unspecified atom stereocenters. The van der Waals surface area contributed by atoms with E-state index >= 15 is 0 Å². The quantitative estimate of drug-likeness (QED) is 0.173. The molecule has 10 aromatic rings. The number of para-hydroxylation sites is 4. The number of rotatable bonds is 4. The standard InChI is InChI=1S/C58H40N2/c1-57(2)47-24-10-6-20-41(47)43-33-31-38(35-51(43)57)59(53-28-13-8-19-40(53)37-17-4-3-5-18-37)39-32-34-44-42-21-7-11-25-48(42)58(52(44)36-39)49-26-12-15-30-55(49)60-54-29-14-9-22-45(54)46-23-16-27-50(58)56(46)60/h3-36H,1-2H3. The summed E-state index contributed by atoms with van der Waals surface area (Å²) in [6.07, 6.45) is 0. The Labute approximate surface area is 350 Å². The lowest BCUT2D eigenvalue weighted by Crippen LogP contribution is -2.33. The summed E-state index contributed by atoms with van der Waals surface area (Å²) in [6.45, 7) is 4.75. The Balaban J connectivity index is 1.12. The fourth-order valence-electron chi connectivity index (χ4n) is 11.5. The van der Waals surface area contributed by atoms with E-state index in [2.05, 4.69) is 230 Å². The predicted octanol–water partition coefficient (Wildman–Crippen LogP) is 14.9. The summed E-state index contributed by atoms with van der Waals surface area (Å²) in [5.41, 5.74) is 22.1. The molecule has 282 valence electrons. The van der Waals surface area contributed by atoms with Gasteiger partial charge in [0.15, 0.2) is 0 Å². The molecule has 3 aliphatic rings. The minimum absolute atomic E-state index is 0.140. The number of nitrogens with zero attached hydrogens (tertiary/aromatic N) is 2. The highest BCUT2D eigenvalue weighted by Crippen LogP contribution is 2.62. The molecule has 2 nitrogen and oxygen atoms in total. The van der Waals surface area contributed by atoms with Crippen molar-refractivity contribution >= 4 is 38.9 Å². The topological polar surface area (TPSA) is 8.17 Å². The van der Waals surface area contributed by atoms with E-state index in [9.17, 15) is 0 Å². The Morgan fingerprint density at radius 2 is 0.933 bits per heavy atom. The minimum atomic E-state index is -0.547. The Morgan fingerprint density at radius 1 is 0.383 bits per heavy atom. The number of fused-ring (bicyclic) bond motifs is 15. The van der Waals surface area contributed by atoms with Crippen LogP contribution in [0.2, 0.25) is 0 Å².